The fraction of sp³-hybridized carbons (Fsp3) is 0.500. The normalized spacial score (nSPS) is 10.7. The lowest BCUT2D eigenvalue weighted by molar-refractivity contribution is -0.105. The molecule has 0 aromatic carbocycles. The van der Waals surface area contributed by atoms with Crippen LogP contribution in [0, 0.1) is 5.41 Å². The fourth-order valence-electron chi connectivity index (χ4n) is 0.299. The van der Waals surface area contributed by atoms with Gasteiger partial charge in [-0.05, 0) is 0 Å². The molecule has 0 amide bonds. The van der Waals surface area contributed by atoms with Crippen molar-refractivity contribution in [1.82, 2.24) is 0 Å². The summed E-state index contributed by atoms with van der Waals surface area (Å²) in [6.45, 7) is 0. The van der Waals surface area contributed by atoms with Gasteiger partial charge >= 0.3 is 0 Å². The minimum atomic E-state index is -3.29. The van der Waals surface area contributed by atoms with Crippen molar-refractivity contribution in [3.63, 3.8) is 0 Å². The highest BCUT2D eigenvalue weighted by atomic mass is 32.2. The molecular formula is C4H7NO3S. The third kappa shape index (κ3) is 3.84. The topological polar surface area (TPSA) is 75.1 Å². The van der Waals surface area contributed by atoms with E-state index in [-0.39, 0.29) is 5.75 Å². The standard InChI is InChI=1S/C4H7NO3S/c5-1-3-9(7,8)4-2-6/h1-2,5H,3-4H2. The molecule has 4 nitrogen and oxygen atoms in total. The van der Waals surface area contributed by atoms with Crippen molar-refractivity contribution < 1.29 is 13.2 Å². The van der Waals surface area contributed by atoms with Gasteiger partial charge in [-0.3, -0.25) is 0 Å². The van der Waals surface area contributed by atoms with E-state index in [0.29, 0.717) is 6.29 Å². The maximum absolute atomic E-state index is 10.4. The zero-order valence-corrected chi connectivity index (χ0v) is 5.52. The van der Waals surface area contributed by atoms with E-state index in [1.165, 1.54) is 0 Å². The predicted octanol–water partition coefficient (Wildman–Crippen LogP) is -0.750. The largest absolute Gasteiger partial charge is 0.312 e. The summed E-state index contributed by atoms with van der Waals surface area (Å²) in [5.74, 6) is -0.825. The van der Waals surface area contributed by atoms with Crippen molar-refractivity contribution in [3.05, 3.63) is 0 Å². The minimum absolute atomic E-state index is 0.318. The summed E-state index contributed by atoms with van der Waals surface area (Å²) in [4.78, 5) is 9.64. The molecular weight excluding hydrogens is 142 g/mol. The van der Waals surface area contributed by atoms with Gasteiger partial charge in [0.1, 0.15) is 12.0 Å². The molecule has 0 aromatic rings. The van der Waals surface area contributed by atoms with Gasteiger partial charge in [0.15, 0.2) is 9.84 Å². The van der Waals surface area contributed by atoms with Crippen LogP contribution in [0.15, 0.2) is 0 Å². The summed E-state index contributed by atoms with van der Waals surface area (Å²) < 4.78 is 20.9. The van der Waals surface area contributed by atoms with Crippen LogP contribution in [0.5, 0.6) is 0 Å². The first kappa shape index (κ1) is 8.29. The van der Waals surface area contributed by atoms with E-state index in [4.69, 9.17) is 5.41 Å². The van der Waals surface area contributed by atoms with E-state index in [2.05, 4.69) is 0 Å². The molecule has 0 heterocycles. The van der Waals surface area contributed by atoms with Gasteiger partial charge in [-0.2, -0.15) is 0 Å². The Morgan fingerprint density at radius 2 is 1.89 bits per heavy atom. The summed E-state index contributed by atoms with van der Waals surface area (Å²) >= 11 is 0. The molecule has 0 rings (SSSR count). The number of carbonyl (C=O) groups is 1. The molecule has 0 unspecified atom stereocenters. The summed E-state index contributed by atoms with van der Waals surface area (Å²) in [5.41, 5.74) is 0. The highest BCUT2D eigenvalue weighted by molar-refractivity contribution is 7.92. The Hall–Kier alpha value is -0.710. The van der Waals surface area contributed by atoms with Crippen LogP contribution in [0.1, 0.15) is 0 Å². The summed E-state index contributed by atoms with van der Waals surface area (Å²) in [5, 5.41) is 6.42. The van der Waals surface area contributed by atoms with Crippen LogP contribution in [0.4, 0.5) is 0 Å². The van der Waals surface area contributed by atoms with Gasteiger partial charge in [0.05, 0.1) is 5.75 Å². The molecule has 0 aromatic heterocycles. The van der Waals surface area contributed by atoms with Gasteiger partial charge in [0.2, 0.25) is 0 Å². The number of rotatable bonds is 4. The van der Waals surface area contributed by atoms with Crippen LogP contribution < -0.4 is 0 Å². The molecule has 5 heteroatoms. The van der Waals surface area contributed by atoms with Crippen molar-refractivity contribution in [2.45, 2.75) is 0 Å². The second kappa shape index (κ2) is 3.34. The number of nitrogens with one attached hydrogen (secondary N) is 1. The van der Waals surface area contributed by atoms with Crippen molar-refractivity contribution in [1.29, 1.82) is 5.41 Å². The molecule has 1 N–H and O–H groups in total. The second-order valence-corrected chi connectivity index (χ2v) is 3.60. The van der Waals surface area contributed by atoms with Crippen LogP contribution in [-0.2, 0) is 14.6 Å². The molecule has 0 radical (unpaired) electrons. The number of aldehydes is 1. The molecule has 0 saturated carbocycles. The van der Waals surface area contributed by atoms with Crippen LogP contribution in [-0.4, -0.2) is 32.4 Å². The molecule has 0 atom stereocenters. The van der Waals surface area contributed by atoms with Crippen LogP contribution in [0.25, 0.3) is 0 Å². The molecule has 0 fully saturated rings. The molecule has 52 valence electrons. The third-order valence-electron chi connectivity index (χ3n) is 0.659. The van der Waals surface area contributed by atoms with E-state index >= 15 is 0 Å². The lowest BCUT2D eigenvalue weighted by Gasteiger charge is -1.89. The third-order valence-corrected chi connectivity index (χ3v) is 1.98. The summed E-state index contributed by atoms with van der Waals surface area (Å²) in [7, 11) is -3.29. The van der Waals surface area contributed by atoms with E-state index in [1.54, 1.807) is 0 Å². The first-order valence-electron chi connectivity index (χ1n) is 2.25. The Bertz CT molecular complexity index is 178. The lowest BCUT2D eigenvalue weighted by atomic mass is 10.9. The molecule has 0 aliphatic heterocycles. The van der Waals surface area contributed by atoms with Crippen LogP contribution in [0.3, 0.4) is 0 Å². The average Bonchev–Trinajstić information content (AvgIpc) is 1.64. The van der Waals surface area contributed by atoms with Gasteiger partial charge in [-0.1, -0.05) is 0 Å². The van der Waals surface area contributed by atoms with Gasteiger partial charge in [-0.15, -0.1) is 0 Å². The molecule has 9 heavy (non-hydrogen) atoms. The molecule has 0 aliphatic rings. The van der Waals surface area contributed by atoms with E-state index in [9.17, 15) is 13.2 Å². The first-order valence-corrected chi connectivity index (χ1v) is 4.07. The Kier molecular flexibility index (Phi) is 3.08. The second-order valence-electron chi connectivity index (χ2n) is 1.45. The van der Waals surface area contributed by atoms with E-state index < -0.39 is 15.6 Å². The first-order chi connectivity index (χ1) is 4.12. The Labute approximate surface area is 53.3 Å². The number of hydrogen-bond donors (Lipinski definition) is 1. The summed E-state index contributed by atoms with van der Waals surface area (Å²) in [6, 6.07) is 0. The highest BCUT2D eigenvalue weighted by Gasteiger charge is 2.05. The summed E-state index contributed by atoms with van der Waals surface area (Å²) in [6.07, 6.45) is 1.08. The molecule has 0 spiro atoms. The smallest absolute Gasteiger partial charge is 0.162 e. The maximum atomic E-state index is 10.4. The van der Waals surface area contributed by atoms with Crippen molar-refractivity contribution in [2.75, 3.05) is 11.5 Å². The zero-order valence-electron chi connectivity index (χ0n) is 4.70. The monoisotopic (exact) mass is 149 g/mol. The Morgan fingerprint density at radius 3 is 2.22 bits per heavy atom. The number of sulfone groups is 1. The fourth-order valence-corrected chi connectivity index (χ4v) is 0.896. The van der Waals surface area contributed by atoms with Gasteiger partial charge < -0.3 is 10.2 Å². The van der Waals surface area contributed by atoms with Crippen molar-refractivity contribution in [2.24, 2.45) is 0 Å². The maximum Gasteiger partial charge on any atom is 0.162 e. The molecule has 0 aliphatic carbocycles. The lowest BCUT2D eigenvalue weighted by Crippen LogP contribution is -2.12. The quantitative estimate of drug-likeness (QED) is 0.422. The predicted molar refractivity (Wildman–Crippen MR) is 33.5 cm³/mol. The Morgan fingerprint density at radius 1 is 1.33 bits per heavy atom. The van der Waals surface area contributed by atoms with Crippen molar-refractivity contribution in [3.8, 4) is 0 Å². The number of hydrogen-bond acceptors (Lipinski definition) is 4. The van der Waals surface area contributed by atoms with Crippen molar-refractivity contribution >= 4 is 22.3 Å². The molecule has 0 bridgehead atoms. The number of carbonyl (C=O) groups excluding carboxylic acids is 1. The highest BCUT2D eigenvalue weighted by Crippen LogP contribution is 1.82. The average molecular weight is 149 g/mol. The van der Waals surface area contributed by atoms with Crippen LogP contribution >= 0.6 is 0 Å². The van der Waals surface area contributed by atoms with Gasteiger partial charge in [-0.25, -0.2) is 8.42 Å². The van der Waals surface area contributed by atoms with E-state index in [0.717, 1.165) is 6.21 Å². The zero-order chi connectivity index (χ0) is 7.33. The Balaban J connectivity index is 4.03. The SMILES string of the molecule is N=CCS(=O)(=O)CC=O. The van der Waals surface area contributed by atoms with Crippen LogP contribution in [0.2, 0.25) is 0 Å². The minimum Gasteiger partial charge on any atom is -0.312 e. The molecule has 0 saturated heterocycles. The van der Waals surface area contributed by atoms with Gasteiger partial charge in [0.25, 0.3) is 0 Å². The van der Waals surface area contributed by atoms with E-state index in [1.807, 2.05) is 0 Å². The van der Waals surface area contributed by atoms with Gasteiger partial charge in [0, 0.05) is 6.21 Å².